The van der Waals surface area contributed by atoms with Crippen LogP contribution in [0.2, 0.25) is 0 Å². The minimum absolute atomic E-state index is 0.401. The van der Waals surface area contributed by atoms with Crippen molar-refractivity contribution in [3.63, 3.8) is 0 Å². The molecule has 0 aliphatic carbocycles. The first-order valence-electron chi connectivity index (χ1n) is 8.16. The summed E-state index contributed by atoms with van der Waals surface area (Å²) in [5.41, 5.74) is 6.76. The van der Waals surface area contributed by atoms with Crippen molar-refractivity contribution in [1.29, 1.82) is 0 Å². The van der Waals surface area contributed by atoms with E-state index in [-0.39, 0.29) is 0 Å². The topological polar surface area (TPSA) is 29.0 Å². The molecule has 0 unspecified atom stereocenters. The highest BCUT2D eigenvalue weighted by atomic mass is 15.1. The molecular weight excluding hydrogens is 270 g/mol. The molecule has 0 amide bonds. The van der Waals surface area contributed by atoms with Crippen LogP contribution < -0.4 is 0 Å². The fourth-order valence-electron chi connectivity index (χ4n) is 3.03. The Morgan fingerprint density at radius 2 is 2.05 bits per heavy atom. The number of hydrogen-bond donors (Lipinski definition) is 0. The summed E-state index contributed by atoms with van der Waals surface area (Å²) in [6.45, 7) is 11.8. The number of aryl methyl sites for hydroxylation is 1. The van der Waals surface area contributed by atoms with Gasteiger partial charge in [0.1, 0.15) is 5.82 Å². The van der Waals surface area contributed by atoms with Gasteiger partial charge in [-0.25, -0.2) is 9.97 Å². The quantitative estimate of drug-likeness (QED) is 0.863. The molecule has 0 fully saturated rings. The maximum absolute atomic E-state index is 4.75. The zero-order valence-corrected chi connectivity index (χ0v) is 14.1. The Balaban J connectivity index is 1.76. The fourth-order valence-corrected chi connectivity index (χ4v) is 3.03. The first kappa shape index (κ1) is 15.2. The van der Waals surface area contributed by atoms with Crippen LogP contribution in [0.3, 0.4) is 0 Å². The molecule has 1 aliphatic heterocycles. The smallest absolute Gasteiger partial charge is 0.131 e. The Kier molecular flexibility index (Phi) is 4.25. The second-order valence-corrected chi connectivity index (χ2v) is 6.67. The van der Waals surface area contributed by atoms with E-state index in [2.05, 4.69) is 55.8 Å². The van der Waals surface area contributed by atoms with Gasteiger partial charge in [0.15, 0.2) is 0 Å². The lowest BCUT2D eigenvalue weighted by molar-refractivity contribution is 0.242. The summed E-state index contributed by atoms with van der Waals surface area (Å²) in [6, 6.07) is 6.59. The third-order valence-corrected chi connectivity index (χ3v) is 4.66. The number of benzene rings is 1. The molecule has 0 radical (unpaired) electrons. The van der Waals surface area contributed by atoms with Crippen LogP contribution in [0.1, 0.15) is 53.5 Å². The summed E-state index contributed by atoms with van der Waals surface area (Å²) in [7, 11) is 0. The average molecular weight is 295 g/mol. The Bertz CT molecular complexity index is 676. The van der Waals surface area contributed by atoms with Gasteiger partial charge in [0, 0.05) is 49.4 Å². The first-order chi connectivity index (χ1) is 10.5. The summed E-state index contributed by atoms with van der Waals surface area (Å²) in [5, 5.41) is 0. The number of aromatic nitrogens is 2. The summed E-state index contributed by atoms with van der Waals surface area (Å²) < 4.78 is 0. The zero-order valence-electron chi connectivity index (χ0n) is 14.1. The molecule has 0 N–H and O–H groups in total. The summed E-state index contributed by atoms with van der Waals surface area (Å²) >= 11 is 0. The van der Waals surface area contributed by atoms with E-state index in [1.807, 2.05) is 6.20 Å². The molecule has 0 spiro atoms. The van der Waals surface area contributed by atoms with Crippen molar-refractivity contribution < 1.29 is 0 Å². The molecule has 22 heavy (non-hydrogen) atoms. The highest BCUT2D eigenvalue weighted by molar-refractivity contribution is 5.33. The second kappa shape index (κ2) is 6.17. The minimum atomic E-state index is 0.401. The van der Waals surface area contributed by atoms with Gasteiger partial charge in [-0.3, -0.25) is 4.90 Å². The predicted octanol–water partition coefficient (Wildman–Crippen LogP) is 3.78. The van der Waals surface area contributed by atoms with E-state index in [0.29, 0.717) is 5.92 Å². The lowest BCUT2D eigenvalue weighted by Gasteiger charge is -2.29. The average Bonchev–Trinajstić information content (AvgIpc) is 2.51. The van der Waals surface area contributed by atoms with Crippen molar-refractivity contribution in [2.75, 3.05) is 6.54 Å². The van der Waals surface area contributed by atoms with Crippen LogP contribution in [0.15, 0.2) is 24.4 Å². The molecule has 1 aromatic carbocycles. The Morgan fingerprint density at radius 1 is 1.23 bits per heavy atom. The molecule has 2 heterocycles. The van der Waals surface area contributed by atoms with E-state index < -0.39 is 0 Å². The molecule has 3 rings (SSSR count). The third-order valence-electron chi connectivity index (χ3n) is 4.66. The van der Waals surface area contributed by atoms with Crippen LogP contribution in [0.25, 0.3) is 0 Å². The molecule has 1 aliphatic rings. The standard InChI is InChI=1S/C19H25N3/c1-13(2)19-20-10-17-12-22(9-8-18(17)21-19)11-16-7-5-6-14(3)15(16)4/h5-7,10,13H,8-9,11-12H2,1-4H3. The molecule has 0 saturated heterocycles. The van der Waals surface area contributed by atoms with Gasteiger partial charge in [0.05, 0.1) is 0 Å². The van der Waals surface area contributed by atoms with Crippen LogP contribution >= 0.6 is 0 Å². The molecule has 0 bridgehead atoms. The maximum Gasteiger partial charge on any atom is 0.131 e. The van der Waals surface area contributed by atoms with E-state index in [0.717, 1.165) is 31.9 Å². The maximum atomic E-state index is 4.75. The molecule has 0 saturated carbocycles. The van der Waals surface area contributed by atoms with Gasteiger partial charge in [0.25, 0.3) is 0 Å². The Labute approximate surface area is 133 Å². The number of hydrogen-bond acceptors (Lipinski definition) is 3. The molecule has 2 aromatic rings. The van der Waals surface area contributed by atoms with E-state index in [4.69, 9.17) is 4.98 Å². The highest BCUT2D eigenvalue weighted by Crippen LogP contribution is 2.22. The lowest BCUT2D eigenvalue weighted by atomic mass is 10.0. The SMILES string of the molecule is Cc1cccc(CN2CCc3nc(C(C)C)ncc3C2)c1C. The van der Waals surface area contributed by atoms with Crippen LogP contribution in [-0.4, -0.2) is 21.4 Å². The molecule has 3 heteroatoms. The van der Waals surface area contributed by atoms with Gasteiger partial charge in [-0.15, -0.1) is 0 Å². The molecule has 3 nitrogen and oxygen atoms in total. The van der Waals surface area contributed by atoms with Crippen molar-refractivity contribution >= 4 is 0 Å². The van der Waals surface area contributed by atoms with E-state index in [1.54, 1.807) is 0 Å². The van der Waals surface area contributed by atoms with E-state index in [1.165, 1.54) is 27.9 Å². The third kappa shape index (κ3) is 3.05. The predicted molar refractivity (Wildman–Crippen MR) is 89.9 cm³/mol. The van der Waals surface area contributed by atoms with Gasteiger partial charge in [-0.1, -0.05) is 32.0 Å². The molecular formula is C19H25N3. The van der Waals surface area contributed by atoms with E-state index >= 15 is 0 Å². The molecule has 116 valence electrons. The number of nitrogens with zero attached hydrogens (tertiary/aromatic N) is 3. The van der Waals surface area contributed by atoms with Crippen LogP contribution in [0.4, 0.5) is 0 Å². The normalized spacial score (nSPS) is 15.1. The second-order valence-electron chi connectivity index (χ2n) is 6.67. The number of fused-ring (bicyclic) bond motifs is 1. The van der Waals surface area contributed by atoms with Crippen molar-refractivity contribution in [2.24, 2.45) is 0 Å². The van der Waals surface area contributed by atoms with Gasteiger partial charge >= 0.3 is 0 Å². The van der Waals surface area contributed by atoms with Crippen molar-refractivity contribution in [2.45, 2.75) is 53.1 Å². The molecule has 1 aromatic heterocycles. The van der Waals surface area contributed by atoms with Crippen LogP contribution in [0.5, 0.6) is 0 Å². The van der Waals surface area contributed by atoms with Crippen LogP contribution in [-0.2, 0) is 19.5 Å². The van der Waals surface area contributed by atoms with Crippen molar-refractivity contribution in [3.05, 3.63) is 58.2 Å². The zero-order chi connectivity index (χ0) is 15.7. The number of rotatable bonds is 3. The monoisotopic (exact) mass is 295 g/mol. The van der Waals surface area contributed by atoms with Gasteiger partial charge < -0.3 is 0 Å². The van der Waals surface area contributed by atoms with Gasteiger partial charge in [-0.2, -0.15) is 0 Å². The van der Waals surface area contributed by atoms with Gasteiger partial charge in [-0.05, 0) is 30.5 Å². The Morgan fingerprint density at radius 3 is 2.82 bits per heavy atom. The van der Waals surface area contributed by atoms with Gasteiger partial charge in [0.2, 0.25) is 0 Å². The highest BCUT2D eigenvalue weighted by Gasteiger charge is 2.19. The van der Waals surface area contributed by atoms with Crippen molar-refractivity contribution in [1.82, 2.24) is 14.9 Å². The largest absolute Gasteiger partial charge is 0.294 e. The van der Waals surface area contributed by atoms with Crippen LogP contribution in [0, 0.1) is 13.8 Å². The minimum Gasteiger partial charge on any atom is -0.294 e. The summed E-state index contributed by atoms with van der Waals surface area (Å²) in [5.74, 6) is 1.38. The Hall–Kier alpha value is -1.74. The molecule has 0 atom stereocenters. The first-order valence-corrected chi connectivity index (χ1v) is 8.16. The summed E-state index contributed by atoms with van der Waals surface area (Å²) in [4.78, 5) is 11.8. The van der Waals surface area contributed by atoms with Crippen molar-refractivity contribution in [3.8, 4) is 0 Å². The summed E-state index contributed by atoms with van der Waals surface area (Å²) in [6.07, 6.45) is 3.06. The lowest BCUT2D eigenvalue weighted by Crippen LogP contribution is -2.31. The van der Waals surface area contributed by atoms with E-state index in [9.17, 15) is 0 Å². The fraction of sp³-hybridized carbons (Fsp3) is 0.474.